The Hall–Kier alpha value is -3.37. The average Bonchev–Trinajstić information content (AvgIpc) is 3.32. The van der Waals surface area contributed by atoms with E-state index in [-0.39, 0.29) is 36.1 Å². The van der Waals surface area contributed by atoms with Gasteiger partial charge in [0.2, 0.25) is 21.8 Å². The van der Waals surface area contributed by atoms with E-state index in [0.717, 1.165) is 16.2 Å². The standard InChI is InChI=1S/C20H19N5O4S/c1-24-13-15(12-22-24)18-7-2-14(10-21-18)11-23-30(28,29)17-5-3-16(4-6-17)25-19(26)8-9-20(25)27/h2-7,10,12-13,23H,8-9,11H2,1H3. The summed E-state index contributed by atoms with van der Waals surface area (Å²) >= 11 is 0. The molecule has 4 rings (SSSR count). The van der Waals surface area contributed by atoms with E-state index in [1.807, 2.05) is 13.2 Å². The first-order valence-electron chi connectivity index (χ1n) is 9.23. The number of nitrogens with one attached hydrogen (secondary N) is 1. The van der Waals surface area contributed by atoms with Gasteiger partial charge >= 0.3 is 0 Å². The molecule has 0 spiro atoms. The molecule has 1 saturated heterocycles. The van der Waals surface area contributed by atoms with Crippen LogP contribution >= 0.6 is 0 Å². The van der Waals surface area contributed by atoms with Crippen molar-refractivity contribution in [2.75, 3.05) is 4.90 Å². The van der Waals surface area contributed by atoms with Gasteiger partial charge in [0.25, 0.3) is 0 Å². The van der Waals surface area contributed by atoms with Crippen LogP contribution in [0.25, 0.3) is 11.3 Å². The van der Waals surface area contributed by atoms with Crippen molar-refractivity contribution < 1.29 is 18.0 Å². The van der Waals surface area contributed by atoms with Crippen LogP contribution in [-0.4, -0.2) is 35.0 Å². The van der Waals surface area contributed by atoms with E-state index in [0.29, 0.717) is 11.3 Å². The van der Waals surface area contributed by atoms with Gasteiger partial charge in [-0.2, -0.15) is 5.10 Å². The fourth-order valence-electron chi connectivity index (χ4n) is 3.15. The van der Waals surface area contributed by atoms with Gasteiger partial charge in [-0.15, -0.1) is 0 Å². The maximum absolute atomic E-state index is 12.6. The summed E-state index contributed by atoms with van der Waals surface area (Å²) in [6.07, 6.45) is 5.51. The number of anilines is 1. The molecule has 0 bridgehead atoms. The maximum atomic E-state index is 12.6. The van der Waals surface area contributed by atoms with Gasteiger partial charge < -0.3 is 0 Å². The molecule has 1 aliphatic heterocycles. The normalized spacial score (nSPS) is 14.5. The Bertz CT molecular complexity index is 1180. The smallest absolute Gasteiger partial charge is 0.240 e. The molecule has 0 unspecified atom stereocenters. The Morgan fingerprint density at radius 2 is 1.70 bits per heavy atom. The Labute approximate surface area is 173 Å². The molecule has 2 aromatic heterocycles. The molecule has 3 aromatic rings. The first-order chi connectivity index (χ1) is 14.3. The number of nitrogens with zero attached hydrogens (tertiary/aromatic N) is 4. The lowest BCUT2D eigenvalue weighted by Gasteiger charge is -2.14. The molecule has 9 nitrogen and oxygen atoms in total. The third-order valence-electron chi connectivity index (χ3n) is 4.75. The van der Waals surface area contributed by atoms with E-state index in [1.165, 1.54) is 24.3 Å². The summed E-state index contributed by atoms with van der Waals surface area (Å²) in [4.78, 5) is 29.1. The van der Waals surface area contributed by atoms with Crippen LogP contribution in [0.4, 0.5) is 5.69 Å². The zero-order valence-corrected chi connectivity index (χ0v) is 17.0. The van der Waals surface area contributed by atoms with Crippen LogP contribution < -0.4 is 9.62 Å². The maximum Gasteiger partial charge on any atom is 0.240 e. The number of hydrogen-bond donors (Lipinski definition) is 1. The summed E-state index contributed by atoms with van der Waals surface area (Å²) in [6, 6.07) is 9.27. The van der Waals surface area contributed by atoms with Gasteiger partial charge in [0.15, 0.2) is 0 Å². The van der Waals surface area contributed by atoms with E-state index < -0.39 is 10.0 Å². The Balaban J connectivity index is 1.43. The van der Waals surface area contributed by atoms with Crippen LogP contribution in [0.1, 0.15) is 18.4 Å². The monoisotopic (exact) mass is 425 g/mol. The van der Waals surface area contributed by atoms with Crippen molar-refractivity contribution in [3.63, 3.8) is 0 Å². The van der Waals surface area contributed by atoms with E-state index in [2.05, 4.69) is 14.8 Å². The minimum absolute atomic E-state index is 0.0466. The van der Waals surface area contributed by atoms with Crippen LogP contribution in [0.5, 0.6) is 0 Å². The first-order valence-corrected chi connectivity index (χ1v) is 10.7. The molecule has 0 aliphatic carbocycles. The fraction of sp³-hybridized carbons (Fsp3) is 0.200. The predicted octanol–water partition coefficient (Wildman–Crippen LogP) is 1.61. The third-order valence-corrected chi connectivity index (χ3v) is 6.17. The average molecular weight is 425 g/mol. The number of carbonyl (C=O) groups excluding carboxylic acids is 2. The van der Waals surface area contributed by atoms with Crippen molar-refractivity contribution in [3.05, 3.63) is 60.6 Å². The Morgan fingerprint density at radius 1 is 1.00 bits per heavy atom. The molecule has 30 heavy (non-hydrogen) atoms. The van der Waals surface area contributed by atoms with E-state index in [1.54, 1.807) is 29.2 Å². The van der Waals surface area contributed by atoms with Gasteiger partial charge in [0.1, 0.15) is 0 Å². The molecule has 1 aromatic carbocycles. The van der Waals surface area contributed by atoms with Crippen molar-refractivity contribution in [2.24, 2.45) is 7.05 Å². The fourth-order valence-corrected chi connectivity index (χ4v) is 4.17. The number of hydrogen-bond acceptors (Lipinski definition) is 6. The Kier molecular flexibility index (Phi) is 5.18. The zero-order valence-electron chi connectivity index (χ0n) is 16.1. The summed E-state index contributed by atoms with van der Waals surface area (Å²) < 4.78 is 29.3. The van der Waals surface area contributed by atoms with Gasteiger partial charge in [-0.05, 0) is 35.9 Å². The Morgan fingerprint density at radius 3 is 2.27 bits per heavy atom. The molecule has 1 fully saturated rings. The molecular weight excluding hydrogens is 406 g/mol. The molecule has 2 amide bonds. The number of benzene rings is 1. The highest BCUT2D eigenvalue weighted by atomic mass is 32.2. The minimum atomic E-state index is -3.76. The number of aromatic nitrogens is 3. The highest BCUT2D eigenvalue weighted by molar-refractivity contribution is 7.89. The highest BCUT2D eigenvalue weighted by Gasteiger charge is 2.30. The largest absolute Gasteiger partial charge is 0.275 e. The lowest BCUT2D eigenvalue weighted by molar-refractivity contribution is -0.121. The SMILES string of the molecule is Cn1cc(-c2ccc(CNS(=O)(=O)c3ccc(N4C(=O)CCC4=O)cc3)cn2)cn1. The molecule has 0 atom stereocenters. The summed E-state index contributed by atoms with van der Waals surface area (Å²) in [5.74, 6) is -0.563. The van der Waals surface area contributed by atoms with Crippen LogP contribution in [0, 0.1) is 0 Å². The number of sulfonamides is 1. The predicted molar refractivity (Wildman–Crippen MR) is 109 cm³/mol. The van der Waals surface area contributed by atoms with Crippen molar-refractivity contribution in [1.82, 2.24) is 19.5 Å². The van der Waals surface area contributed by atoms with Gasteiger partial charge in [0, 0.05) is 44.4 Å². The lowest BCUT2D eigenvalue weighted by Crippen LogP contribution is -2.28. The molecule has 10 heteroatoms. The van der Waals surface area contributed by atoms with Gasteiger partial charge in [-0.1, -0.05) is 6.07 Å². The second-order valence-corrected chi connectivity index (χ2v) is 8.66. The van der Waals surface area contributed by atoms with Crippen LogP contribution in [0.3, 0.4) is 0 Å². The second kappa shape index (κ2) is 7.81. The van der Waals surface area contributed by atoms with Gasteiger partial charge in [-0.3, -0.25) is 24.2 Å². The van der Waals surface area contributed by atoms with Crippen molar-refractivity contribution in [2.45, 2.75) is 24.3 Å². The molecule has 3 heterocycles. The van der Waals surface area contributed by atoms with E-state index in [9.17, 15) is 18.0 Å². The molecule has 0 saturated carbocycles. The molecule has 154 valence electrons. The van der Waals surface area contributed by atoms with Crippen molar-refractivity contribution in [1.29, 1.82) is 0 Å². The number of carbonyl (C=O) groups is 2. The van der Waals surface area contributed by atoms with Crippen LogP contribution in [0.2, 0.25) is 0 Å². The number of amides is 2. The van der Waals surface area contributed by atoms with Crippen LogP contribution in [-0.2, 0) is 33.2 Å². The van der Waals surface area contributed by atoms with Crippen molar-refractivity contribution >= 4 is 27.5 Å². The number of imide groups is 1. The topological polar surface area (TPSA) is 114 Å². The zero-order chi connectivity index (χ0) is 21.3. The van der Waals surface area contributed by atoms with Crippen LogP contribution in [0.15, 0.2) is 59.9 Å². The molecule has 1 aliphatic rings. The summed E-state index contributed by atoms with van der Waals surface area (Å²) in [7, 11) is -1.94. The second-order valence-electron chi connectivity index (χ2n) is 6.90. The molecule has 0 radical (unpaired) electrons. The van der Waals surface area contributed by atoms with Gasteiger partial charge in [0.05, 0.1) is 22.5 Å². The number of aryl methyl sites for hydroxylation is 1. The molecular formula is C20H19N5O4S. The summed E-state index contributed by atoms with van der Waals surface area (Å²) in [6.45, 7) is 0.0769. The lowest BCUT2D eigenvalue weighted by atomic mass is 10.2. The quantitative estimate of drug-likeness (QED) is 0.600. The van der Waals surface area contributed by atoms with E-state index >= 15 is 0 Å². The van der Waals surface area contributed by atoms with Gasteiger partial charge in [-0.25, -0.2) is 13.1 Å². The summed E-state index contributed by atoms with van der Waals surface area (Å²) in [5.41, 5.74) is 2.70. The molecule has 1 N–H and O–H groups in total. The minimum Gasteiger partial charge on any atom is -0.275 e. The third kappa shape index (κ3) is 4.00. The summed E-state index contributed by atoms with van der Waals surface area (Å²) in [5, 5.41) is 4.10. The van der Waals surface area contributed by atoms with E-state index in [4.69, 9.17) is 0 Å². The highest BCUT2D eigenvalue weighted by Crippen LogP contribution is 2.24. The number of rotatable bonds is 6. The number of pyridine rings is 1. The van der Waals surface area contributed by atoms with Crippen molar-refractivity contribution in [3.8, 4) is 11.3 Å². The first kappa shape index (κ1) is 19.9.